The molecule has 1 heterocycles. The smallest absolute Gasteiger partial charge is 0.240 e. The number of carbonyl (C=O) groups is 1. The second-order valence-corrected chi connectivity index (χ2v) is 1.68. The van der Waals surface area contributed by atoms with Gasteiger partial charge >= 0.3 is 0 Å². The largest absolute Gasteiger partial charge is 0.372 e. The highest BCUT2D eigenvalue weighted by Crippen LogP contribution is 1.97. The van der Waals surface area contributed by atoms with E-state index in [1.54, 1.807) is 6.08 Å². The number of nitrogens with two attached hydrogens (primary N) is 1. The van der Waals surface area contributed by atoms with Crippen LogP contribution in [-0.2, 0) is 4.79 Å². The Morgan fingerprint density at radius 2 is 2.75 bits per heavy atom. The normalized spacial score (nSPS) is 25.2. The highest BCUT2D eigenvalue weighted by molar-refractivity contribution is 5.80. The van der Waals surface area contributed by atoms with Crippen molar-refractivity contribution in [1.29, 1.82) is 0 Å². The van der Waals surface area contributed by atoms with Gasteiger partial charge in [-0.15, -0.1) is 0 Å². The molecular weight excluding hydrogens is 104 g/mol. The minimum atomic E-state index is -0.314. The van der Waals surface area contributed by atoms with E-state index < -0.39 is 0 Å². The molecule has 0 aromatic carbocycles. The van der Waals surface area contributed by atoms with E-state index in [0.717, 1.165) is 0 Å². The molecule has 1 aliphatic rings. The molecule has 1 aliphatic heterocycles. The minimum Gasteiger partial charge on any atom is -0.372 e. The van der Waals surface area contributed by atoms with Gasteiger partial charge in [0.2, 0.25) is 5.91 Å². The molecular formula is C5H7N2O. The van der Waals surface area contributed by atoms with Gasteiger partial charge in [-0.2, -0.15) is 0 Å². The van der Waals surface area contributed by atoms with Crippen molar-refractivity contribution in [2.45, 2.75) is 12.5 Å². The topological polar surface area (TPSA) is 55.1 Å². The summed E-state index contributed by atoms with van der Waals surface area (Å²) in [6, 6.07) is -0.213. The van der Waals surface area contributed by atoms with E-state index in [1.165, 1.54) is 0 Å². The first-order valence-corrected chi connectivity index (χ1v) is 2.43. The summed E-state index contributed by atoms with van der Waals surface area (Å²) in [6.07, 6.45) is 5.11. The highest BCUT2D eigenvalue weighted by Gasteiger charge is 2.14. The molecule has 1 unspecified atom stereocenters. The van der Waals surface area contributed by atoms with Crippen molar-refractivity contribution in [1.82, 2.24) is 5.32 Å². The van der Waals surface area contributed by atoms with Crippen LogP contribution in [0.2, 0.25) is 0 Å². The van der Waals surface area contributed by atoms with Crippen LogP contribution in [0.1, 0.15) is 6.42 Å². The van der Waals surface area contributed by atoms with Gasteiger partial charge < -0.3 is 11.1 Å². The van der Waals surface area contributed by atoms with Gasteiger partial charge in [-0.3, -0.25) is 4.79 Å². The van der Waals surface area contributed by atoms with Crippen LogP contribution in [0.4, 0.5) is 0 Å². The lowest BCUT2D eigenvalue weighted by atomic mass is 10.2. The van der Waals surface area contributed by atoms with Gasteiger partial charge in [0, 0.05) is 0 Å². The van der Waals surface area contributed by atoms with E-state index in [-0.39, 0.29) is 11.9 Å². The molecule has 1 radical (unpaired) electrons. The fourth-order valence-electron chi connectivity index (χ4n) is 0.583. The molecule has 1 rings (SSSR count). The third kappa shape index (κ3) is 0.804. The standard InChI is InChI=1S/C5H7N2O/c6-5(8)4-2-1-3-7-4/h1,4,7H,2H2,(H2,6,8). The molecule has 0 aromatic rings. The predicted octanol–water partition coefficient (Wildman–Crippen LogP) is -0.850. The fourth-order valence-corrected chi connectivity index (χ4v) is 0.583. The summed E-state index contributed by atoms with van der Waals surface area (Å²) in [6.45, 7) is 0. The summed E-state index contributed by atoms with van der Waals surface area (Å²) in [7, 11) is 0. The van der Waals surface area contributed by atoms with Crippen molar-refractivity contribution < 1.29 is 4.79 Å². The van der Waals surface area contributed by atoms with Crippen LogP contribution in [0.3, 0.4) is 0 Å². The van der Waals surface area contributed by atoms with Crippen molar-refractivity contribution in [3.63, 3.8) is 0 Å². The van der Waals surface area contributed by atoms with Gasteiger partial charge in [-0.1, -0.05) is 6.08 Å². The third-order valence-electron chi connectivity index (χ3n) is 1.06. The van der Waals surface area contributed by atoms with Crippen LogP contribution in [0.15, 0.2) is 6.08 Å². The van der Waals surface area contributed by atoms with Gasteiger partial charge in [-0.25, -0.2) is 0 Å². The number of hydrogen-bond acceptors (Lipinski definition) is 2. The Morgan fingerprint density at radius 3 is 3.00 bits per heavy atom. The fraction of sp³-hybridized carbons (Fsp3) is 0.400. The lowest BCUT2D eigenvalue weighted by Crippen LogP contribution is -2.35. The van der Waals surface area contributed by atoms with Gasteiger partial charge in [-0.05, 0) is 6.42 Å². The summed E-state index contributed by atoms with van der Waals surface area (Å²) in [5.74, 6) is -0.314. The van der Waals surface area contributed by atoms with Crippen LogP contribution in [0.5, 0.6) is 0 Å². The molecule has 3 heteroatoms. The molecule has 0 aliphatic carbocycles. The minimum absolute atomic E-state index is 0.213. The van der Waals surface area contributed by atoms with E-state index >= 15 is 0 Å². The number of rotatable bonds is 1. The summed E-state index contributed by atoms with van der Waals surface area (Å²) in [5.41, 5.74) is 4.94. The van der Waals surface area contributed by atoms with Crippen LogP contribution < -0.4 is 11.1 Å². The predicted molar refractivity (Wildman–Crippen MR) is 28.5 cm³/mol. The molecule has 0 fully saturated rings. The van der Waals surface area contributed by atoms with Gasteiger partial charge in [0.25, 0.3) is 0 Å². The first-order chi connectivity index (χ1) is 3.80. The number of nitrogens with one attached hydrogen (secondary N) is 1. The molecule has 0 aromatic heterocycles. The van der Waals surface area contributed by atoms with E-state index in [0.29, 0.717) is 6.42 Å². The molecule has 43 valence electrons. The van der Waals surface area contributed by atoms with Crippen LogP contribution in [0.25, 0.3) is 0 Å². The van der Waals surface area contributed by atoms with E-state index in [9.17, 15) is 4.79 Å². The Labute approximate surface area is 47.6 Å². The Balaban J connectivity index is 2.41. The van der Waals surface area contributed by atoms with Gasteiger partial charge in [0.1, 0.15) is 6.04 Å². The molecule has 3 nitrogen and oxygen atoms in total. The van der Waals surface area contributed by atoms with Gasteiger partial charge in [0.15, 0.2) is 0 Å². The second-order valence-electron chi connectivity index (χ2n) is 1.68. The molecule has 1 amide bonds. The number of amides is 1. The first kappa shape index (κ1) is 5.15. The van der Waals surface area contributed by atoms with Crippen molar-refractivity contribution in [2.75, 3.05) is 0 Å². The summed E-state index contributed by atoms with van der Waals surface area (Å²) in [5, 5.41) is 2.68. The van der Waals surface area contributed by atoms with Crippen LogP contribution >= 0.6 is 0 Å². The van der Waals surface area contributed by atoms with Gasteiger partial charge in [0.05, 0.1) is 6.20 Å². The van der Waals surface area contributed by atoms with Crippen LogP contribution in [0, 0.1) is 6.20 Å². The molecule has 8 heavy (non-hydrogen) atoms. The summed E-state index contributed by atoms with van der Waals surface area (Å²) in [4.78, 5) is 10.3. The highest BCUT2D eigenvalue weighted by atomic mass is 16.1. The van der Waals surface area contributed by atoms with E-state index in [2.05, 4.69) is 11.5 Å². The van der Waals surface area contributed by atoms with Crippen molar-refractivity contribution >= 4 is 5.91 Å². The molecule has 0 saturated carbocycles. The Morgan fingerprint density at radius 1 is 2.00 bits per heavy atom. The SMILES string of the molecule is NC(=O)C1CC=[C]N1. The molecule has 0 bridgehead atoms. The zero-order chi connectivity index (χ0) is 5.98. The number of carbonyl (C=O) groups excluding carboxylic acids is 1. The zero-order valence-corrected chi connectivity index (χ0v) is 4.35. The quantitative estimate of drug-likeness (QED) is 0.463. The maximum Gasteiger partial charge on any atom is 0.240 e. The average molecular weight is 111 g/mol. The van der Waals surface area contributed by atoms with Crippen molar-refractivity contribution in [2.24, 2.45) is 5.73 Å². The van der Waals surface area contributed by atoms with E-state index in [4.69, 9.17) is 5.73 Å². The Bertz CT molecular complexity index is 122. The molecule has 0 spiro atoms. The maximum atomic E-state index is 10.3. The monoisotopic (exact) mass is 111 g/mol. The Kier molecular flexibility index (Phi) is 1.20. The van der Waals surface area contributed by atoms with E-state index in [1.807, 2.05) is 0 Å². The second kappa shape index (κ2) is 1.86. The Hall–Kier alpha value is -0.990. The van der Waals surface area contributed by atoms with Crippen molar-refractivity contribution in [3.8, 4) is 0 Å². The molecule has 1 atom stereocenters. The van der Waals surface area contributed by atoms with Crippen molar-refractivity contribution in [3.05, 3.63) is 12.3 Å². The summed E-state index contributed by atoms with van der Waals surface area (Å²) >= 11 is 0. The first-order valence-electron chi connectivity index (χ1n) is 2.43. The third-order valence-corrected chi connectivity index (χ3v) is 1.06. The molecule has 3 N–H and O–H groups in total. The molecule has 0 saturated heterocycles. The lowest BCUT2D eigenvalue weighted by molar-refractivity contribution is -0.119. The zero-order valence-electron chi connectivity index (χ0n) is 4.35. The maximum absolute atomic E-state index is 10.3. The number of hydrogen-bond donors (Lipinski definition) is 2. The lowest BCUT2D eigenvalue weighted by Gasteiger charge is -2.02. The summed E-state index contributed by atoms with van der Waals surface area (Å²) < 4.78 is 0. The number of primary amides is 1. The average Bonchev–Trinajstić information content (AvgIpc) is 2.12. The van der Waals surface area contributed by atoms with Crippen LogP contribution in [-0.4, -0.2) is 11.9 Å².